The number of nitrogens with zero attached hydrogens (tertiary/aromatic N) is 1. The van der Waals surface area contributed by atoms with Crippen molar-refractivity contribution in [3.8, 4) is 0 Å². The molecular weight excluding hydrogens is 370 g/mol. The molecule has 0 aliphatic heterocycles. The third-order valence-electron chi connectivity index (χ3n) is 4.49. The number of nitrogens with one attached hydrogen (secondary N) is 2. The maximum absolute atomic E-state index is 12.1. The first-order chi connectivity index (χ1) is 13.5. The Hall–Kier alpha value is -2.44. The molecule has 0 aromatic heterocycles. The summed E-state index contributed by atoms with van der Waals surface area (Å²) in [6.07, 6.45) is 0. The van der Waals surface area contributed by atoms with Crippen LogP contribution in [0.2, 0.25) is 0 Å². The molecule has 0 radical (unpaired) electrons. The van der Waals surface area contributed by atoms with Crippen molar-refractivity contribution in [3.63, 3.8) is 0 Å². The van der Waals surface area contributed by atoms with E-state index in [9.17, 15) is 4.79 Å². The first-order valence-electron chi connectivity index (χ1n) is 9.61. The van der Waals surface area contributed by atoms with E-state index < -0.39 is 0 Å². The van der Waals surface area contributed by atoms with Gasteiger partial charge in [-0.05, 0) is 62.1 Å². The molecule has 0 heterocycles. The maximum Gasteiger partial charge on any atom is 0.338 e. The molecule has 150 valence electrons. The normalized spacial score (nSPS) is 10.6. The topological polar surface area (TPSA) is 53.6 Å². The Kier molecular flexibility index (Phi) is 8.91. The van der Waals surface area contributed by atoms with Gasteiger partial charge in [0.2, 0.25) is 0 Å². The molecule has 0 unspecified atom stereocenters. The molecule has 2 aromatic rings. The number of likely N-dealkylation sites (N-methyl/N-ethyl adjacent to an activating group) is 1. The van der Waals surface area contributed by atoms with Gasteiger partial charge in [-0.3, -0.25) is 0 Å². The molecule has 0 aliphatic carbocycles. The molecular formula is C22H29N3O2S. The zero-order chi connectivity index (χ0) is 20.4. The van der Waals surface area contributed by atoms with Crippen molar-refractivity contribution < 1.29 is 9.53 Å². The molecule has 0 amide bonds. The van der Waals surface area contributed by atoms with E-state index in [1.807, 2.05) is 12.1 Å². The van der Waals surface area contributed by atoms with Crippen molar-refractivity contribution in [1.82, 2.24) is 10.2 Å². The van der Waals surface area contributed by atoms with E-state index in [1.54, 1.807) is 12.1 Å². The van der Waals surface area contributed by atoms with Gasteiger partial charge in [0.15, 0.2) is 5.11 Å². The summed E-state index contributed by atoms with van der Waals surface area (Å²) in [6.45, 7) is 9.95. The van der Waals surface area contributed by atoms with Crippen molar-refractivity contribution in [3.05, 3.63) is 65.2 Å². The maximum atomic E-state index is 12.1. The fraction of sp³-hybridized carbons (Fsp3) is 0.364. The Morgan fingerprint density at radius 3 is 2.29 bits per heavy atom. The minimum atomic E-state index is -0.307. The van der Waals surface area contributed by atoms with Crippen LogP contribution in [0.3, 0.4) is 0 Å². The quantitative estimate of drug-likeness (QED) is 0.491. The predicted octanol–water partition coefficient (Wildman–Crippen LogP) is 3.98. The highest BCUT2D eigenvalue weighted by atomic mass is 32.1. The summed E-state index contributed by atoms with van der Waals surface area (Å²) >= 11 is 5.33. The summed E-state index contributed by atoms with van der Waals surface area (Å²) in [6, 6.07) is 15.4. The number of carbonyl (C=O) groups excluding carboxylic acids is 1. The van der Waals surface area contributed by atoms with Gasteiger partial charge in [-0.1, -0.05) is 43.7 Å². The molecule has 2 aromatic carbocycles. The zero-order valence-electron chi connectivity index (χ0n) is 16.8. The van der Waals surface area contributed by atoms with Crippen LogP contribution >= 0.6 is 12.2 Å². The highest BCUT2D eigenvalue weighted by molar-refractivity contribution is 7.80. The number of thiocarbonyl (C=S) groups is 1. The van der Waals surface area contributed by atoms with Crippen LogP contribution in [-0.2, 0) is 11.3 Å². The molecule has 0 bridgehead atoms. The van der Waals surface area contributed by atoms with Crippen molar-refractivity contribution in [2.75, 3.05) is 31.6 Å². The van der Waals surface area contributed by atoms with E-state index >= 15 is 0 Å². The Bertz CT molecular complexity index is 756. The Labute approximate surface area is 173 Å². The molecule has 2 rings (SSSR count). The number of carbonyl (C=O) groups is 1. The molecule has 0 saturated heterocycles. The lowest BCUT2D eigenvalue weighted by Crippen LogP contribution is -2.28. The van der Waals surface area contributed by atoms with Crippen LogP contribution in [-0.4, -0.2) is 42.2 Å². The fourth-order valence-electron chi connectivity index (χ4n) is 2.64. The van der Waals surface area contributed by atoms with Gasteiger partial charge in [0, 0.05) is 18.8 Å². The van der Waals surface area contributed by atoms with E-state index in [2.05, 4.69) is 60.6 Å². The highest BCUT2D eigenvalue weighted by Gasteiger charge is 2.08. The van der Waals surface area contributed by atoms with Crippen LogP contribution in [0.15, 0.2) is 48.5 Å². The molecule has 28 heavy (non-hydrogen) atoms. The molecule has 0 fully saturated rings. The number of rotatable bonds is 9. The molecule has 0 saturated carbocycles. The number of benzene rings is 2. The summed E-state index contributed by atoms with van der Waals surface area (Å²) < 4.78 is 5.34. The Morgan fingerprint density at radius 2 is 1.68 bits per heavy atom. The number of esters is 1. The molecule has 6 heteroatoms. The van der Waals surface area contributed by atoms with Gasteiger partial charge in [-0.2, -0.15) is 0 Å². The summed E-state index contributed by atoms with van der Waals surface area (Å²) in [7, 11) is 0. The lowest BCUT2D eigenvalue weighted by Gasteiger charge is -2.17. The third-order valence-corrected chi connectivity index (χ3v) is 4.73. The number of hydrogen-bond acceptors (Lipinski definition) is 4. The van der Waals surface area contributed by atoms with Crippen LogP contribution in [0.4, 0.5) is 5.69 Å². The lowest BCUT2D eigenvalue weighted by atomic mass is 10.1. The highest BCUT2D eigenvalue weighted by Crippen LogP contribution is 2.11. The molecule has 2 N–H and O–H groups in total. The second-order valence-electron chi connectivity index (χ2n) is 6.53. The van der Waals surface area contributed by atoms with Crippen LogP contribution in [0.5, 0.6) is 0 Å². The lowest BCUT2D eigenvalue weighted by molar-refractivity contribution is 0.0466. The van der Waals surface area contributed by atoms with Crippen LogP contribution in [0.1, 0.15) is 35.3 Å². The number of ether oxygens (including phenoxy) is 1. The number of anilines is 1. The summed E-state index contributed by atoms with van der Waals surface area (Å²) in [4.78, 5) is 14.3. The van der Waals surface area contributed by atoms with E-state index in [0.29, 0.717) is 23.8 Å². The zero-order valence-corrected chi connectivity index (χ0v) is 17.6. The van der Waals surface area contributed by atoms with E-state index in [4.69, 9.17) is 17.0 Å². The summed E-state index contributed by atoms with van der Waals surface area (Å²) in [5.41, 5.74) is 3.75. The Balaban J connectivity index is 1.77. The first kappa shape index (κ1) is 21.9. The number of aryl methyl sites for hydroxylation is 1. The van der Waals surface area contributed by atoms with Crippen LogP contribution in [0.25, 0.3) is 0 Å². The average Bonchev–Trinajstić information content (AvgIpc) is 2.71. The number of hydrogen-bond donors (Lipinski definition) is 2. The largest absolute Gasteiger partial charge is 0.461 e. The monoisotopic (exact) mass is 399 g/mol. The van der Waals surface area contributed by atoms with Gasteiger partial charge >= 0.3 is 5.97 Å². The van der Waals surface area contributed by atoms with Crippen LogP contribution < -0.4 is 10.6 Å². The SMILES string of the molecule is CCN(CC)CCOC(=O)c1ccc(NC(=S)NCc2ccc(C)cc2)cc1. The van der Waals surface area contributed by atoms with Crippen molar-refractivity contribution in [2.45, 2.75) is 27.3 Å². The fourth-order valence-corrected chi connectivity index (χ4v) is 2.83. The molecule has 0 spiro atoms. The van der Waals surface area contributed by atoms with Crippen LogP contribution in [0, 0.1) is 6.92 Å². The molecule has 0 atom stereocenters. The van der Waals surface area contributed by atoms with Crippen molar-refractivity contribution in [1.29, 1.82) is 0 Å². The average molecular weight is 400 g/mol. The van der Waals surface area contributed by atoms with Gasteiger partial charge in [-0.15, -0.1) is 0 Å². The van der Waals surface area contributed by atoms with Gasteiger partial charge < -0.3 is 20.3 Å². The summed E-state index contributed by atoms with van der Waals surface area (Å²) in [5.74, 6) is -0.307. The van der Waals surface area contributed by atoms with Gasteiger partial charge in [-0.25, -0.2) is 4.79 Å². The minimum Gasteiger partial charge on any atom is -0.461 e. The minimum absolute atomic E-state index is 0.307. The Morgan fingerprint density at radius 1 is 1.04 bits per heavy atom. The van der Waals surface area contributed by atoms with Crippen molar-refractivity contribution >= 4 is 29.0 Å². The van der Waals surface area contributed by atoms with E-state index in [0.717, 1.165) is 30.9 Å². The third kappa shape index (κ3) is 7.29. The predicted molar refractivity (Wildman–Crippen MR) is 119 cm³/mol. The smallest absolute Gasteiger partial charge is 0.338 e. The van der Waals surface area contributed by atoms with E-state index in [-0.39, 0.29) is 5.97 Å². The van der Waals surface area contributed by atoms with E-state index in [1.165, 1.54) is 5.56 Å². The second-order valence-corrected chi connectivity index (χ2v) is 6.94. The summed E-state index contributed by atoms with van der Waals surface area (Å²) in [5, 5.41) is 6.84. The first-order valence-corrected chi connectivity index (χ1v) is 10.0. The van der Waals surface area contributed by atoms with Gasteiger partial charge in [0.25, 0.3) is 0 Å². The molecule has 0 aliphatic rings. The standard InChI is InChI=1S/C22H29N3O2S/c1-4-25(5-2)14-15-27-21(26)19-10-12-20(13-11-19)24-22(28)23-16-18-8-6-17(3)7-9-18/h6-13H,4-5,14-16H2,1-3H3,(H2,23,24,28). The second kappa shape index (κ2) is 11.4. The van der Waals surface area contributed by atoms with Gasteiger partial charge in [0.1, 0.15) is 6.61 Å². The van der Waals surface area contributed by atoms with Crippen molar-refractivity contribution in [2.24, 2.45) is 0 Å². The molecule has 5 nitrogen and oxygen atoms in total. The van der Waals surface area contributed by atoms with Gasteiger partial charge in [0.05, 0.1) is 5.56 Å².